The van der Waals surface area contributed by atoms with E-state index in [9.17, 15) is 14.7 Å². The Balaban J connectivity index is 1.86. The molecule has 2 aliphatic heterocycles. The van der Waals surface area contributed by atoms with Crippen molar-refractivity contribution in [1.82, 2.24) is 4.90 Å². The smallest absolute Gasteiger partial charge is 0.295 e. The van der Waals surface area contributed by atoms with Gasteiger partial charge in [-0.05, 0) is 48.4 Å². The first kappa shape index (κ1) is 21.7. The number of ether oxygens (including phenoxy) is 2. The fourth-order valence-electron chi connectivity index (χ4n) is 4.07. The van der Waals surface area contributed by atoms with Gasteiger partial charge in [0.1, 0.15) is 17.6 Å². The highest BCUT2D eigenvalue weighted by Gasteiger charge is 2.46. The Morgan fingerprint density at radius 1 is 1.23 bits per heavy atom. The van der Waals surface area contributed by atoms with Crippen molar-refractivity contribution in [3.63, 3.8) is 0 Å². The first-order chi connectivity index (χ1) is 14.8. The summed E-state index contributed by atoms with van der Waals surface area (Å²) in [6, 6.07) is 9.21. The van der Waals surface area contributed by atoms with E-state index in [1.165, 1.54) is 12.0 Å². The molecule has 0 aliphatic carbocycles. The Labute approximate surface area is 190 Å². The average molecular weight is 462 g/mol. The highest BCUT2D eigenvalue weighted by Crippen LogP contribution is 2.43. The maximum absolute atomic E-state index is 13.0. The van der Waals surface area contributed by atoms with Gasteiger partial charge in [0.25, 0.3) is 11.7 Å². The number of carbonyl (C=O) groups is 2. The van der Waals surface area contributed by atoms with E-state index >= 15 is 0 Å². The van der Waals surface area contributed by atoms with Gasteiger partial charge in [-0.3, -0.25) is 9.59 Å². The molecular formula is C23H21Cl2NO5. The van der Waals surface area contributed by atoms with Gasteiger partial charge in [-0.2, -0.15) is 0 Å². The Morgan fingerprint density at radius 2 is 2.00 bits per heavy atom. The fourth-order valence-corrected chi connectivity index (χ4v) is 4.58. The Kier molecular flexibility index (Phi) is 5.97. The van der Waals surface area contributed by atoms with Crippen molar-refractivity contribution >= 4 is 40.7 Å². The summed E-state index contributed by atoms with van der Waals surface area (Å²) in [5.74, 6) is -0.985. The van der Waals surface area contributed by atoms with E-state index in [4.69, 9.17) is 32.7 Å². The quantitative estimate of drug-likeness (QED) is 0.406. The van der Waals surface area contributed by atoms with E-state index < -0.39 is 17.7 Å². The number of halogens is 2. The number of hydrogen-bond acceptors (Lipinski definition) is 5. The number of aliphatic hydroxyl groups is 1. The Morgan fingerprint density at radius 3 is 2.71 bits per heavy atom. The van der Waals surface area contributed by atoms with Crippen LogP contribution < -0.4 is 4.74 Å². The second-order valence-corrected chi connectivity index (χ2v) is 8.45. The summed E-state index contributed by atoms with van der Waals surface area (Å²) >= 11 is 12.5. The summed E-state index contributed by atoms with van der Waals surface area (Å²) < 4.78 is 10.8. The van der Waals surface area contributed by atoms with Crippen LogP contribution >= 0.6 is 23.2 Å². The fraction of sp³-hybridized carbons (Fsp3) is 0.304. The maximum Gasteiger partial charge on any atom is 0.295 e. The molecule has 4 rings (SSSR count). The zero-order valence-electron chi connectivity index (χ0n) is 17.0. The minimum atomic E-state index is -0.858. The van der Waals surface area contributed by atoms with Gasteiger partial charge in [0.2, 0.25) is 0 Å². The van der Waals surface area contributed by atoms with Crippen molar-refractivity contribution in [1.29, 1.82) is 0 Å². The molecule has 162 valence electrons. The molecule has 2 aromatic carbocycles. The lowest BCUT2D eigenvalue weighted by Gasteiger charge is -2.25. The summed E-state index contributed by atoms with van der Waals surface area (Å²) in [5, 5.41) is 11.9. The van der Waals surface area contributed by atoms with Crippen LogP contribution in [0.4, 0.5) is 0 Å². The summed E-state index contributed by atoms with van der Waals surface area (Å²) in [6.45, 7) is 2.35. The van der Waals surface area contributed by atoms with Crippen LogP contribution in [-0.2, 0) is 20.7 Å². The molecule has 2 atom stereocenters. The molecule has 31 heavy (non-hydrogen) atoms. The van der Waals surface area contributed by atoms with Gasteiger partial charge in [-0.15, -0.1) is 0 Å². The minimum absolute atomic E-state index is 0.0164. The maximum atomic E-state index is 13.0. The van der Waals surface area contributed by atoms with Crippen LogP contribution in [0, 0.1) is 0 Å². The number of aliphatic hydroxyl groups excluding tert-OH is 1. The minimum Gasteiger partial charge on any atom is -0.507 e. The first-order valence-corrected chi connectivity index (χ1v) is 10.6. The Bertz CT molecular complexity index is 1100. The molecule has 2 aromatic rings. The average Bonchev–Trinajstić information content (AvgIpc) is 3.22. The molecule has 6 nitrogen and oxygen atoms in total. The number of ketones is 1. The molecule has 0 bridgehead atoms. The van der Waals surface area contributed by atoms with Crippen molar-refractivity contribution in [3.8, 4) is 5.75 Å². The molecule has 2 unspecified atom stereocenters. The largest absolute Gasteiger partial charge is 0.507 e. The molecule has 2 aliphatic rings. The molecule has 1 saturated heterocycles. The highest BCUT2D eigenvalue weighted by atomic mass is 35.5. The lowest BCUT2D eigenvalue weighted by Crippen LogP contribution is -2.32. The van der Waals surface area contributed by atoms with Gasteiger partial charge in [0.05, 0.1) is 18.2 Å². The number of nitrogens with zero attached hydrogens (tertiary/aromatic N) is 1. The number of Topliss-reactive ketones (excluding diaryl/α,β-unsaturated/α-hetero) is 1. The van der Waals surface area contributed by atoms with E-state index in [1.807, 2.05) is 6.92 Å². The first-order valence-electron chi connectivity index (χ1n) is 9.84. The van der Waals surface area contributed by atoms with E-state index in [0.717, 1.165) is 11.3 Å². The molecule has 0 radical (unpaired) electrons. The van der Waals surface area contributed by atoms with Crippen LogP contribution in [0.1, 0.15) is 29.7 Å². The summed E-state index contributed by atoms with van der Waals surface area (Å²) in [4.78, 5) is 27.2. The molecule has 0 saturated carbocycles. The number of fused-ring (bicyclic) bond motifs is 1. The van der Waals surface area contributed by atoms with Gasteiger partial charge < -0.3 is 19.5 Å². The van der Waals surface area contributed by atoms with Crippen LogP contribution in [0.25, 0.3) is 5.76 Å². The molecule has 0 spiro atoms. The zero-order valence-corrected chi connectivity index (χ0v) is 18.5. The van der Waals surface area contributed by atoms with Crippen molar-refractivity contribution in [2.45, 2.75) is 25.5 Å². The van der Waals surface area contributed by atoms with Gasteiger partial charge in [0.15, 0.2) is 0 Å². The number of amides is 1. The van der Waals surface area contributed by atoms with Crippen molar-refractivity contribution in [3.05, 3.63) is 68.7 Å². The van der Waals surface area contributed by atoms with E-state index in [2.05, 4.69) is 0 Å². The number of rotatable bonds is 5. The molecular weight excluding hydrogens is 441 g/mol. The third-order valence-corrected chi connectivity index (χ3v) is 6.07. The standard InChI is InChI=1S/C23H21Cl2NO5/c1-12-9-14-10-13(3-6-18(14)31-12)21(27)19-20(16-5-4-15(24)11-17(16)25)26(7-8-30-2)23(29)22(19)28/h3-6,10-12,20,27H,7-9H2,1-2H3/b21-19+. The molecule has 8 heteroatoms. The third-order valence-electron chi connectivity index (χ3n) is 5.50. The molecule has 1 amide bonds. The normalized spacial score (nSPS) is 22.0. The van der Waals surface area contributed by atoms with Gasteiger partial charge >= 0.3 is 0 Å². The number of methoxy groups -OCH3 is 1. The molecule has 0 aromatic heterocycles. The van der Waals surface area contributed by atoms with Crippen LogP contribution in [0.3, 0.4) is 0 Å². The van der Waals surface area contributed by atoms with Crippen LogP contribution in [0.2, 0.25) is 10.0 Å². The van der Waals surface area contributed by atoms with Crippen LogP contribution in [-0.4, -0.2) is 48.1 Å². The lowest BCUT2D eigenvalue weighted by molar-refractivity contribution is -0.140. The van der Waals surface area contributed by atoms with Gasteiger partial charge in [0, 0.05) is 35.7 Å². The zero-order chi connectivity index (χ0) is 22.3. The number of hydrogen-bond donors (Lipinski definition) is 1. The summed E-state index contributed by atoms with van der Waals surface area (Å²) in [6.07, 6.45) is 0.741. The second-order valence-electron chi connectivity index (χ2n) is 7.61. The van der Waals surface area contributed by atoms with E-state index in [0.29, 0.717) is 27.6 Å². The lowest BCUT2D eigenvalue weighted by atomic mass is 9.94. The topological polar surface area (TPSA) is 76.1 Å². The summed E-state index contributed by atoms with van der Waals surface area (Å²) in [5.41, 5.74) is 1.86. The highest BCUT2D eigenvalue weighted by molar-refractivity contribution is 6.47. The van der Waals surface area contributed by atoms with Crippen molar-refractivity contribution < 1.29 is 24.2 Å². The number of likely N-dealkylation sites (tertiary alicyclic amines) is 1. The third kappa shape index (κ3) is 3.91. The summed E-state index contributed by atoms with van der Waals surface area (Å²) in [7, 11) is 1.51. The Hall–Kier alpha value is -2.54. The molecule has 1 fully saturated rings. The second kappa shape index (κ2) is 8.54. The molecule has 2 heterocycles. The molecule has 1 N–H and O–H groups in total. The monoisotopic (exact) mass is 461 g/mol. The van der Waals surface area contributed by atoms with Crippen LogP contribution in [0.5, 0.6) is 5.75 Å². The van der Waals surface area contributed by atoms with Gasteiger partial charge in [-0.25, -0.2) is 0 Å². The predicted molar refractivity (Wildman–Crippen MR) is 118 cm³/mol. The van der Waals surface area contributed by atoms with Gasteiger partial charge in [-0.1, -0.05) is 29.3 Å². The number of carbonyl (C=O) groups excluding carboxylic acids is 2. The number of benzene rings is 2. The van der Waals surface area contributed by atoms with E-state index in [1.54, 1.807) is 36.4 Å². The van der Waals surface area contributed by atoms with E-state index in [-0.39, 0.29) is 30.6 Å². The van der Waals surface area contributed by atoms with Crippen LogP contribution in [0.15, 0.2) is 42.0 Å². The predicted octanol–water partition coefficient (Wildman–Crippen LogP) is 4.38. The SMILES string of the molecule is COCCN1C(=O)C(=O)/C(=C(/O)c2ccc3c(c2)CC(C)O3)C1c1ccc(Cl)cc1Cl. The van der Waals surface area contributed by atoms with Crippen molar-refractivity contribution in [2.24, 2.45) is 0 Å². The van der Waals surface area contributed by atoms with Crippen molar-refractivity contribution in [2.75, 3.05) is 20.3 Å².